The Morgan fingerprint density at radius 2 is 2.50 bits per heavy atom. The van der Waals surface area contributed by atoms with Gasteiger partial charge in [0.1, 0.15) is 6.04 Å². The molecule has 0 bridgehead atoms. The van der Waals surface area contributed by atoms with Gasteiger partial charge in [-0.1, -0.05) is 11.8 Å². The van der Waals surface area contributed by atoms with Crippen LogP contribution in [0.25, 0.3) is 0 Å². The van der Waals surface area contributed by atoms with Gasteiger partial charge >= 0.3 is 0 Å². The molecule has 0 aromatic rings. The van der Waals surface area contributed by atoms with Gasteiger partial charge in [0.25, 0.3) is 5.24 Å². The third kappa shape index (κ3) is 2.88. The summed E-state index contributed by atoms with van der Waals surface area (Å²) < 4.78 is 0. The number of nitrogens with zero attached hydrogens (tertiary/aromatic N) is 1. The van der Waals surface area contributed by atoms with Crippen LogP contribution in [0.2, 0.25) is 0 Å². The number of carbonyl (C=O) groups is 2. The van der Waals surface area contributed by atoms with Gasteiger partial charge in [0.15, 0.2) is 0 Å². The molecule has 6 heteroatoms. The Bertz CT molecular complexity index is 235. The fourth-order valence-corrected chi connectivity index (χ4v) is 1.99. The standard InChI is InChI=1S/C8H15N3O2S/c1-11(4-2-3-9)7(12)6-5-14-8(13)10-6/h6H,2-5,9H2,1H3,(H,10,13). The van der Waals surface area contributed by atoms with Crippen molar-refractivity contribution in [1.82, 2.24) is 10.2 Å². The van der Waals surface area contributed by atoms with Gasteiger partial charge in [-0.15, -0.1) is 0 Å². The largest absolute Gasteiger partial charge is 0.344 e. The zero-order chi connectivity index (χ0) is 10.6. The van der Waals surface area contributed by atoms with Gasteiger partial charge in [-0.25, -0.2) is 0 Å². The van der Waals surface area contributed by atoms with E-state index in [4.69, 9.17) is 5.73 Å². The summed E-state index contributed by atoms with van der Waals surface area (Å²) in [6.45, 7) is 1.22. The van der Waals surface area contributed by atoms with E-state index in [0.29, 0.717) is 18.8 Å². The number of thioether (sulfide) groups is 1. The molecule has 14 heavy (non-hydrogen) atoms. The molecule has 1 fully saturated rings. The average molecular weight is 217 g/mol. The van der Waals surface area contributed by atoms with Crippen LogP contribution in [-0.4, -0.2) is 48.0 Å². The van der Waals surface area contributed by atoms with Crippen LogP contribution in [0.15, 0.2) is 0 Å². The molecule has 5 nitrogen and oxygen atoms in total. The lowest BCUT2D eigenvalue weighted by molar-refractivity contribution is -0.131. The van der Waals surface area contributed by atoms with E-state index in [9.17, 15) is 9.59 Å². The molecule has 0 radical (unpaired) electrons. The molecule has 1 aliphatic heterocycles. The fourth-order valence-electron chi connectivity index (χ4n) is 1.22. The Labute approximate surface area is 87.4 Å². The molecule has 0 saturated carbocycles. The van der Waals surface area contributed by atoms with Crippen molar-refractivity contribution < 1.29 is 9.59 Å². The smallest absolute Gasteiger partial charge is 0.279 e. The van der Waals surface area contributed by atoms with E-state index in [-0.39, 0.29) is 17.2 Å². The Kier molecular flexibility index (Phi) is 4.21. The van der Waals surface area contributed by atoms with Crippen LogP contribution in [0.1, 0.15) is 6.42 Å². The molecule has 1 unspecified atom stereocenters. The maximum Gasteiger partial charge on any atom is 0.279 e. The minimum atomic E-state index is -0.352. The van der Waals surface area contributed by atoms with Gasteiger partial charge in [-0.05, 0) is 13.0 Å². The molecule has 2 amide bonds. The molecule has 1 saturated heterocycles. The van der Waals surface area contributed by atoms with Crippen LogP contribution in [0, 0.1) is 0 Å². The molecule has 0 aliphatic carbocycles. The van der Waals surface area contributed by atoms with E-state index >= 15 is 0 Å². The Balaban J connectivity index is 2.36. The molecule has 1 heterocycles. The van der Waals surface area contributed by atoms with E-state index in [1.165, 1.54) is 0 Å². The highest BCUT2D eigenvalue weighted by Gasteiger charge is 2.29. The highest BCUT2D eigenvalue weighted by atomic mass is 32.2. The molecule has 80 valence electrons. The number of hydrogen-bond acceptors (Lipinski definition) is 4. The molecule has 1 atom stereocenters. The first-order valence-corrected chi connectivity index (χ1v) is 5.52. The first-order chi connectivity index (χ1) is 6.65. The molecular weight excluding hydrogens is 202 g/mol. The second-order valence-corrected chi connectivity index (χ2v) is 4.19. The van der Waals surface area contributed by atoms with Crippen molar-refractivity contribution in [2.24, 2.45) is 5.73 Å². The summed E-state index contributed by atoms with van der Waals surface area (Å²) in [7, 11) is 1.73. The second kappa shape index (κ2) is 5.21. The lowest BCUT2D eigenvalue weighted by atomic mass is 10.3. The quantitative estimate of drug-likeness (QED) is 0.673. The second-order valence-electron chi connectivity index (χ2n) is 3.20. The molecule has 1 rings (SSSR count). The number of nitrogens with two attached hydrogens (primary N) is 1. The molecule has 0 spiro atoms. The van der Waals surface area contributed by atoms with Crippen LogP contribution < -0.4 is 11.1 Å². The summed E-state index contributed by atoms with van der Waals surface area (Å²) in [6, 6.07) is -0.352. The zero-order valence-electron chi connectivity index (χ0n) is 8.16. The third-order valence-electron chi connectivity index (χ3n) is 2.05. The summed E-state index contributed by atoms with van der Waals surface area (Å²) >= 11 is 1.15. The van der Waals surface area contributed by atoms with Gasteiger partial charge in [-0.2, -0.15) is 0 Å². The van der Waals surface area contributed by atoms with E-state index in [2.05, 4.69) is 5.32 Å². The maximum absolute atomic E-state index is 11.7. The number of likely N-dealkylation sites (N-methyl/N-ethyl adjacent to an activating group) is 1. The highest BCUT2D eigenvalue weighted by molar-refractivity contribution is 8.14. The number of rotatable bonds is 4. The fraction of sp³-hybridized carbons (Fsp3) is 0.750. The maximum atomic E-state index is 11.7. The number of amides is 2. The van der Waals surface area contributed by atoms with Crippen LogP contribution >= 0.6 is 11.8 Å². The van der Waals surface area contributed by atoms with Crippen molar-refractivity contribution in [2.75, 3.05) is 25.9 Å². The monoisotopic (exact) mass is 217 g/mol. The number of hydrogen-bond donors (Lipinski definition) is 2. The average Bonchev–Trinajstić information content (AvgIpc) is 2.60. The lowest BCUT2D eigenvalue weighted by Crippen LogP contribution is -2.44. The molecular formula is C8H15N3O2S. The minimum absolute atomic E-state index is 0.0307. The summed E-state index contributed by atoms with van der Waals surface area (Å²) in [5, 5.41) is 2.50. The number of carbonyl (C=O) groups excluding carboxylic acids is 2. The molecule has 0 aromatic heterocycles. The minimum Gasteiger partial charge on any atom is -0.344 e. The predicted octanol–water partition coefficient (Wildman–Crippen LogP) is -0.381. The lowest BCUT2D eigenvalue weighted by Gasteiger charge is -2.20. The van der Waals surface area contributed by atoms with Crippen LogP contribution in [-0.2, 0) is 4.79 Å². The third-order valence-corrected chi connectivity index (χ3v) is 2.93. The van der Waals surface area contributed by atoms with Crippen molar-refractivity contribution in [3.05, 3.63) is 0 Å². The SMILES string of the molecule is CN(CCCN)C(=O)C1CSC(=O)N1. The van der Waals surface area contributed by atoms with Crippen LogP contribution in [0.4, 0.5) is 4.79 Å². The van der Waals surface area contributed by atoms with Crippen molar-refractivity contribution in [3.63, 3.8) is 0 Å². The van der Waals surface area contributed by atoms with Gasteiger partial charge in [-0.3, -0.25) is 9.59 Å². The van der Waals surface area contributed by atoms with E-state index in [1.807, 2.05) is 0 Å². The van der Waals surface area contributed by atoms with Crippen molar-refractivity contribution in [3.8, 4) is 0 Å². The van der Waals surface area contributed by atoms with Crippen LogP contribution in [0.5, 0.6) is 0 Å². The Hall–Kier alpha value is -0.750. The van der Waals surface area contributed by atoms with Crippen molar-refractivity contribution >= 4 is 22.9 Å². The zero-order valence-corrected chi connectivity index (χ0v) is 8.97. The van der Waals surface area contributed by atoms with E-state index in [1.54, 1.807) is 11.9 Å². The first-order valence-electron chi connectivity index (χ1n) is 4.53. The van der Waals surface area contributed by atoms with Gasteiger partial charge < -0.3 is 16.0 Å². The van der Waals surface area contributed by atoms with Gasteiger partial charge in [0.2, 0.25) is 5.91 Å². The summed E-state index contributed by atoms with van der Waals surface area (Å²) in [6.07, 6.45) is 0.788. The summed E-state index contributed by atoms with van der Waals surface area (Å²) in [5.74, 6) is 0.502. The summed E-state index contributed by atoms with van der Waals surface area (Å²) in [4.78, 5) is 24.1. The Morgan fingerprint density at radius 1 is 1.79 bits per heavy atom. The molecule has 3 N–H and O–H groups in total. The normalized spacial score (nSPS) is 20.7. The van der Waals surface area contributed by atoms with E-state index in [0.717, 1.165) is 18.2 Å². The van der Waals surface area contributed by atoms with Gasteiger partial charge in [0, 0.05) is 19.3 Å². The predicted molar refractivity (Wildman–Crippen MR) is 56.1 cm³/mol. The van der Waals surface area contributed by atoms with Crippen LogP contribution in [0.3, 0.4) is 0 Å². The Morgan fingerprint density at radius 3 is 3.00 bits per heavy atom. The summed E-state index contributed by atoms with van der Waals surface area (Å²) in [5.41, 5.74) is 5.34. The first kappa shape index (κ1) is 11.3. The molecule has 0 aromatic carbocycles. The highest BCUT2D eigenvalue weighted by Crippen LogP contribution is 2.14. The topological polar surface area (TPSA) is 75.4 Å². The van der Waals surface area contributed by atoms with Crippen molar-refractivity contribution in [1.29, 1.82) is 0 Å². The number of nitrogens with one attached hydrogen (secondary N) is 1. The van der Waals surface area contributed by atoms with Gasteiger partial charge in [0.05, 0.1) is 0 Å². The molecule has 1 aliphatic rings. The van der Waals surface area contributed by atoms with Crippen molar-refractivity contribution in [2.45, 2.75) is 12.5 Å². The van der Waals surface area contributed by atoms with E-state index < -0.39 is 0 Å².